The van der Waals surface area contributed by atoms with Gasteiger partial charge in [0.15, 0.2) is 0 Å². The van der Waals surface area contributed by atoms with Crippen LogP contribution in [0.1, 0.15) is 25.0 Å². The summed E-state index contributed by atoms with van der Waals surface area (Å²) in [6.45, 7) is 3.31. The molecule has 1 aliphatic heterocycles. The minimum atomic E-state index is -0.354. The van der Waals surface area contributed by atoms with Crippen LogP contribution in [0.4, 0.5) is 0 Å². The third kappa shape index (κ3) is 2.79. The SMILES string of the molecule is CC(=O)OC1=CC(c2ccccc2)=C(C)Oc2ccccc21. The highest BCUT2D eigenvalue weighted by atomic mass is 16.5. The molecule has 22 heavy (non-hydrogen) atoms. The van der Waals surface area contributed by atoms with E-state index in [0.717, 1.165) is 22.5 Å². The predicted octanol–water partition coefficient (Wildman–Crippen LogP) is 4.41. The maximum Gasteiger partial charge on any atom is 0.308 e. The molecule has 0 amide bonds. The van der Waals surface area contributed by atoms with E-state index in [1.807, 2.05) is 67.6 Å². The Bertz CT molecular complexity index is 770. The Morgan fingerprint density at radius 2 is 1.68 bits per heavy atom. The maximum absolute atomic E-state index is 11.4. The van der Waals surface area contributed by atoms with Crippen molar-refractivity contribution in [3.05, 3.63) is 77.6 Å². The van der Waals surface area contributed by atoms with Crippen molar-refractivity contribution < 1.29 is 14.3 Å². The number of carbonyl (C=O) groups is 1. The van der Waals surface area contributed by atoms with Crippen molar-refractivity contribution in [2.24, 2.45) is 0 Å². The molecule has 2 aromatic carbocycles. The average molecular weight is 292 g/mol. The summed E-state index contributed by atoms with van der Waals surface area (Å²) in [5.41, 5.74) is 2.67. The van der Waals surface area contributed by atoms with Crippen LogP contribution in [0.15, 0.2) is 66.4 Å². The molecule has 110 valence electrons. The second-order valence-corrected chi connectivity index (χ2v) is 5.04. The van der Waals surface area contributed by atoms with Gasteiger partial charge < -0.3 is 9.47 Å². The lowest BCUT2D eigenvalue weighted by molar-refractivity contribution is -0.134. The molecule has 3 rings (SSSR count). The number of allylic oxidation sites excluding steroid dienone is 3. The van der Waals surface area contributed by atoms with Crippen molar-refractivity contribution in [2.45, 2.75) is 13.8 Å². The van der Waals surface area contributed by atoms with Gasteiger partial charge in [0.25, 0.3) is 0 Å². The van der Waals surface area contributed by atoms with Gasteiger partial charge in [0, 0.05) is 12.5 Å². The molecule has 0 atom stereocenters. The van der Waals surface area contributed by atoms with Crippen molar-refractivity contribution in [1.29, 1.82) is 0 Å². The zero-order valence-corrected chi connectivity index (χ0v) is 12.5. The Kier molecular flexibility index (Phi) is 3.79. The Morgan fingerprint density at radius 1 is 1.00 bits per heavy atom. The van der Waals surface area contributed by atoms with Gasteiger partial charge in [-0.3, -0.25) is 4.79 Å². The van der Waals surface area contributed by atoms with E-state index >= 15 is 0 Å². The lowest BCUT2D eigenvalue weighted by Crippen LogP contribution is -1.99. The summed E-state index contributed by atoms with van der Waals surface area (Å²) in [5.74, 6) is 1.59. The molecule has 0 saturated heterocycles. The molecule has 2 aromatic rings. The van der Waals surface area contributed by atoms with Crippen LogP contribution in [0.5, 0.6) is 5.75 Å². The van der Waals surface area contributed by atoms with Crippen molar-refractivity contribution >= 4 is 17.3 Å². The smallest absolute Gasteiger partial charge is 0.308 e. The fourth-order valence-electron chi connectivity index (χ4n) is 2.43. The molecule has 0 N–H and O–H groups in total. The number of ether oxygens (including phenoxy) is 2. The molecule has 0 unspecified atom stereocenters. The largest absolute Gasteiger partial charge is 0.461 e. The molecule has 0 spiro atoms. The first-order chi connectivity index (χ1) is 10.6. The molecule has 3 nitrogen and oxygen atoms in total. The van der Waals surface area contributed by atoms with Crippen molar-refractivity contribution in [3.8, 4) is 5.75 Å². The number of esters is 1. The first-order valence-corrected chi connectivity index (χ1v) is 7.09. The van der Waals surface area contributed by atoms with E-state index in [1.165, 1.54) is 6.92 Å². The molecule has 0 fully saturated rings. The van der Waals surface area contributed by atoms with Gasteiger partial charge in [-0.25, -0.2) is 0 Å². The van der Waals surface area contributed by atoms with Crippen molar-refractivity contribution in [2.75, 3.05) is 0 Å². The van der Waals surface area contributed by atoms with Crippen molar-refractivity contribution in [1.82, 2.24) is 0 Å². The van der Waals surface area contributed by atoms with Gasteiger partial charge in [-0.15, -0.1) is 0 Å². The standard InChI is InChI=1S/C19H16O3/c1-13-17(15-8-4-3-5-9-15)12-19(22-14(2)20)16-10-6-7-11-18(16)21-13/h3-12H,1-2H3. The Hall–Kier alpha value is -2.81. The quantitative estimate of drug-likeness (QED) is 0.769. The molecule has 1 aliphatic rings. The van der Waals surface area contributed by atoms with Crippen LogP contribution < -0.4 is 4.74 Å². The first kappa shape index (κ1) is 14.1. The van der Waals surface area contributed by atoms with Crippen LogP contribution in [0.25, 0.3) is 11.3 Å². The number of hydrogen-bond acceptors (Lipinski definition) is 3. The maximum atomic E-state index is 11.4. The van der Waals surface area contributed by atoms with Gasteiger partial charge in [-0.05, 0) is 30.7 Å². The van der Waals surface area contributed by atoms with Crippen LogP contribution in [0, 0.1) is 0 Å². The van der Waals surface area contributed by atoms with E-state index < -0.39 is 0 Å². The highest BCUT2D eigenvalue weighted by Crippen LogP contribution is 2.36. The molecule has 0 bridgehead atoms. The molecular formula is C19H16O3. The molecule has 0 saturated carbocycles. The minimum Gasteiger partial charge on any atom is -0.461 e. The van der Waals surface area contributed by atoms with E-state index in [0.29, 0.717) is 11.5 Å². The average Bonchev–Trinajstić information content (AvgIpc) is 2.65. The lowest BCUT2D eigenvalue weighted by atomic mass is 10.0. The fourth-order valence-corrected chi connectivity index (χ4v) is 2.43. The van der Waals surface area contributed by atoms with Crippen LogP contribution in [0.3, 0.4) is 0 Å². The number of fused-ring (bicyclic) bond motifs is 1. The monoisotopic (exact) mass is 292 g/mol. The third-order valence-corrected chi connectivity index (χ3v) is 3.41. The van der Waals surface area contributed by atoms with E-state index in [4.69, 9.17) is 9.47 Å². The first-order valence-electron chi connectivity index (χ1n) is 7.09. The summed E-state index contributed by atoms with van der Waals surface area (Å²) in [6, 6.07) is 17.4. The predicted molar refractivity (Wildman–Crippen MR) is 85.8 cm³/mol. The number of para-hydroxylation sites is 1. The van der Waals surface area contributed by atoms with Gasteiger partial charge in [0.1, 0.15) is 17.3 Å². The summed E-state index contributed by atoms with van der Waals surface area (Å²) in [6.07, 6.45) is 1.86. The van der Waals surface area contributed by atoms with Crippen LogP contribution >= 0.6 is 0 Å². The Morgan fingerprint density at radius 3 is 2.41 bits per heavy atom. The lowest BCUT2D eigenvalue weighted by Gasteiger charge is -2.10. The van der Waals surface area contributed by atoms with Gasteiger partial charge in [-0.1, -0.05) is 42.5 Å². The zero-order valence-electron chi connectivity index (χ0n) is 12.5. The molecule has 0 radical (unpaired) electrons. The van der Waals surface area contributed by atoms with Crippen LogP contribution in [-0.2, 0) is 9.53 Å². The van der Waals surface area contributed by atoms with Crippen molar-refractivity contribution in [3.63, 3.8) is 0 Å². The highest BCUT2D eigenvalue weighted by Gasteiger charge is 2.19. The summed E-state index contributed by atoms with van der Waals surface area (Å²) >= 11 is 0. The second kappa shape index (κ2) is 5.90. The van der Waals surface area contributed by atoms with E-state index in [9.17, 15) is 4.79 Å². The van der Waals surface area contributed by atoms with Crippen LogP contribution in [-0.4, -0.2) is 5.97 Å². The molecular weight excluding hydrogens is 276 g/mol. The van der Waals surface area contributed by atoms with Gasteiger partial charge >= 0.3 is 5.97 Å². The molecule has 0 aliphatic carbocycles. The van der Waals surface area contributed by atoms with Gasteiger partial charge in [-0.2, -0.15) is 0 Å². The normalized spacial score (nSPS) is 13.6. The van der Waals surface area contributed by atoms with Crippen LogP contribution in [0.2, 0.25) is 0 Å². The number of hydrogen-bond donors (Lipinski definition) is 0. The molecule has 1 heterocycles. The number of rotatable bonds is 2. The van der Waals surface area contributed by atoms with Gasteiger partial charge in [0.2, 0.25) is 0 Å². The van der Waals surface area contributed by atoms with Gasteiger partial charge in [0.05, 0.1) is 5.56 Å². The second-order valence-electron chi connectivity index (χ2n) is 5.04. The van der Waals surface area contributed by atoms with E-state index in [1.54, 1.807) is 0 Å². The fraction of sp³-hybridized carbons (Fsp3) is 0.105. The molecule has 0 aromatic heterocycles. The summed E-state index contributed by atoms with van der Waals surface area (Å²) < 4.78 is 11.4. The Balaban J connectivity index is 2.17. The van der Waals surface area contributed by atoms with E-state index in [2.05, 4.69) is 0 Å². The minimum absolute atomic E-state index is 0.354. The molecule has 3 heteroatoms. The van der Waals surface area contributed by atoms with E-state index in [-0.39, 0.29) is 5.97 Å². The summed E-state index contributed by atoms with van der Waals surface area (Å²) in [7, 11) is 0. The zero-order chi connectivity index (χ0) is 15.5. The Labute approximate surface area is 129 Å². The topological polar surface area (TPSA) is 35.5 Å². The summed E-state index contributed by atoms with van der Waals surface area (Å²) in [4.78, 5) is 11.4. The highest BCUT2D eigenvalue weighted by molar-refractivity contribution is 5.88. The summed E-state index contributed by atoms with van der Waals surface area (Å²) in [5, 5.41) is 0. The third-order valence-electron chi connectivity index (χ3n) is 3.41. The number of carbonyl (C=O) groups excluding carboxylic acids is 1. The number of benzene rings is 2.